The number of anilines is 4. The number of nitrogens with one attached hydrogen (secondary N) is 2. The number of nitrogen functional groups attached to an aromatic ring is 1. The molecule has 0 aromatic heterocycles. The fraction of sp³-hybridized carbons (Fsp3) is 0.100. The highest BCUT2D eigenvalue weighted by atomic mass is 127. The Morgan fingerprint density at radius 3 is 2.50 bits per heavy atom. The lowest BCUT2D eigenvalue weighted by Gasteiger charge is -2.14. The quantitative estimate of drug-likeness (QED) is 0.271. The molecule has 0 heterocycles. The van der Waals surface area contributed by atoms with Crippen molar-refractivity contribution in [3.63, 3.8) is 0 Å². The predicted octanol–water partition coefficient (Wildman–Crippen LogP) is 5.45. The molecule has 0 bridgehead atoms. The zero-order valence-corrected chi connectivity index (χ0v) is 18.7. The Morgan fingerprint density at radius 2 is 1.80 bits per heavy atom. The standard InChI is InChI=1S/C20H18F2IN3O3S/c1-2-30(27,28)26-13-4-3-5-15(9-13)29-19-11-14(10-17(22)20(19)24)25-18-7-6-12(23)8-16(18)21/h3-11,25-26H,2,24H2,1H3. The molecule has 3 aromatic carbocycles. The molecule has 0 saturated heterocycles. The molecule has 4 N–H and O–H groups in total. The number of sulfonamides is 1. The topological polar surface area (TPSA) is 93.5 Å². The second-order valence-corrected chi connectivity index (χ2v) is 9.51. The molecule has 6 nitrogen and oxygen atoms in total. The summed E-state index contributed by atoms with van der Waals surface area (Å²) in [5.74, 6) is -1.07. The molecule has 30 heavy (non-hydrogen) atoms. The van der Waals surface area contributed by atoms with Crippen LogP contribution in [-0.4, -0.2) is 14.2 Å². The van der Waals surface area contributed by atoms with Crippen LogP contribution >= 0.6 is 22.6 Å². The summed E-state index contributed by atoms with van der Waals surface area (Å²) in [6, 6.07) is 13.3. The van der Waals surface area contributed by atoms with Gasteiger partial charge in [-0.1, -0.05) is 6.07 Å². The van der Waals surface area contributed by atoms with Crippen LogP contribution in [0, 0.1) is 15.2 Å². The number of benzene rings is 3. The smallest absolute Gasteiger partial charge is 0.232 e. The van der Waals surface area contributed by atoms with Crippen molar-refractivity contribution in [2.24, 2.45) is 0 Å². The number of ether oxygens (including phenoxy) is 1. The van der Waals surface area contributed by atoms with E-state index in [1.807, 2.05) is 22.6 Å². The molecule has 158 valence electrons. The van der Waals surface area contributed by atoms with Crippen LogP contribution in [-0.2, 0) is 10.0 Å². The first-order chi connectivity index (χ1) is 14.2. The molecule has 0 unspecified atom stereocenters. The molecule has 3 aromatic rings. The second kappa shape index (κ2) is 9.04. The Bertz CT molecular complexity index is 1190. The van der Waals surface area contributed by atoms with Crippen molar-refractivity contribution in [1.29, 1.82) is 0 Å². The van der Waals surface area contributed by atoms with Crippen LogP contribution in [0.15, 0.2) is 54.6 Å². The van der Waals surface area contributed by atoms with Gasteiger partial charge in [-0.15, -0.1) is 0 Å². The van der Waals surface area contributed by atoms with E-state index in [1.165, 1.54) is 31.2 Å². The van der Waals surface area contributed by atoms with Gasteiger partial charge in [0.05, 0.1) is 17.1 Å². The van der Waals surface area contributed by atoms with E-state index in [1.54, 1.807) is 24.3 Å². The minimum Gasteiger partial charge on any atom is -0.455 e. The molecular formula is C20H18F2IN3O3S. The molecule has 0 spiro atoms. The van der Waals surface area contributed by atoms with E-state index >= 15 is 0 Å². The first-order valence-electron chi connectivity index (χ1n) is 8.76. The minimum absolute atomic E-state index is 0.00100. The summed E-state index contributed by atoms with van der Waals surface area (Å²) in [6.45, 7) is 1.52. The Labute approximate surface area is 186 Å². The van der Waals surface area contributed by atoms with Gasteiger partial charge >= 0.3 is 0 Å². The Morgan fingerprint density at radius 1 is 1.03 bits per heavy atom. The minimum atomic E-state index is -3.46. The highest BCUT2D eigenvalue weighted by Crippen LogP contribution is 2.35. The van der Waals surface area contributed by atoms with Crippen LogP contribution in [0.3, 0.4) is 0 Å². The van der Waals surface area contributed by atoms with E-state index in [4.69, 9.17) is 10.5 Å². The summed E-state index contributed by atoms with van der Waals surface area (Å²) in [7, 11) is -3.46. The Balaban J connectivity index is 1.88. The molecule has 3 rings (SSSR count). The molecule has 0 saturated carbocycles. The van der Waals surface area contributed by atoms with Gasteiger partial charge in [-0.3, -0.25) is 4.72 Å². The summed E-state index contributed by atoms with van der Waals surface area (Å²) < 4.78 is 60.7. The maximum Gasteiger partial charge on any atom is 0.232 e. The number of rotatable bonds is 7. The van der Waals surface area contributed by atoms with E-state index in [0.29, 0.717) is 5.69 Å². The summed E-state index contributed by atoms with van der Waals surface area (Å²) >= 11 is 1.99. The largest absolute Gasteiger partial charge is 0.455 e. The Hall–Kier alpha value is -2.60. The predicted molar refractivity (Wildman–Crippen MR) is 123 cm³/mol. The van der Waals surface area contributed by atoms with E-state index in [0.717, 1.165) is 9.64 Å². The van der Waals surface area contributed by atoms with Crippen LogP contribution in [0.5, 0.6) is 11.5 Å². The maximum atomic E-state index is 14.3. The van der Waals surface area contributed by atoms with Crippen molar-refractivity contribution in [2.45, 2.75) is 6.92 Å². The van der Waals surface area contributed by atoms with Crippen molar-refractivity contribution in [2.75, 3.05) is 21.5 Å². The normalized spacial score (nSPS) is 11.2. The lowest BCUT2D eigenvalue weighted by atomic mass is 10.2. The average Bonchev–Trinajstić information content (AvgIpc) is 2.68. The third-order valence-corrected chi connectivity index (χ3v) is 5.99. The van der Waals surface area contributed by atoms with Crippen LogP contribution < -0.4 is 20.5 Å². The zero-order chi connectivity index (χ0) is 21.9. The Kier molecular flexibility index (Phi) is 6.66. The zero-order valence-electron chi connectivity index (χ0n) is 15.7. The van der Waals surface area contributed by atoms with Gasteiger partial charge in [-0.25, -0.2) is 17.2 Å². The van der Waals surface area contributed by atoms with E-state index in [-0.39, 0.29) is 34.3 Å². The molecule has 0 aliphatic rings. The van der Waals surface area contributed by atoms with Gasteiger partial charge in [0.15, 0.2) is 11.6 Å². The highest BCUT2D eigenvalue weighted by Gasteiger charge is 2.13. The van der Waals surface area contributed by atoms with Crippen LogP contribution in [0.1, 0.15) is 6.92 Å². The van der Waals surface area contributed by atoms with E-state index in [9.17, 15) is 17.2 Å². The van der Waals surface area contributed by atoms with Gasteiger partial charge in [0.1, 0.15) is 17.3 Å². The molecule has 0 radical (unpaired) electrons. The summed E-state index contributed by atoms with van der Waals surface area (Å²) in [5, 5.41) is 2.80. The first-order valence-corrected chi connectivity index (χ1v) is 11.5. The second-order valence-electron chi connectivity index (χ2n) is 6.25. The monoisotopic (exact) mass is 545 g/mol. The lowest BCUT2D eigenvalue weighted by Crippen LogP contribution is -2.14. The van der Waals surface area contributed by atoms with E-state index < -0.39 is 21.7 Å². The third-order valence-electron chi connectivity index (χ3n) is 4.02. The summed E-state index contributed by atoms with van der Waals surface area (Å²) in [6.07, 6.45) is 0. The molecule has 0 aliphatic carbocycles. The van der Waals surface area contributed by atoms with Crippen molar-refractivity contribution < 1.29 is 21.9 Å². The summed E-state index contributed by atoms with van der Waals surface area (Å²) in [4.78, 5) is 0. The van der Waals surface area contributed by atoms with Crippen LogP contribution in [0.4, 0.5) is 31.5 Å². The van der Waals surface area contributed by atoms with E-state index in [2.05, 4.69) is 10.0 Å². The lowest BCUT2D eigenvalue weighted by molar-refractivity contribution is 0.481. The van der Waals surface area contributed by atoms with Crippen molar-refractivity contribution in [3.8, 4) is 11.5 Å². The van der Waals surface area contributed by atoms with Gasteiger partial charge in [0.2, 0.25) is 10.0 Å². The first kappa shape index (κ1) is 22.1. The fourth-order valence-corrected chi connectivity index (χ4v) is 3.58. The number of hydrogen-bond acceptors (Lipinski definition) is 5. The van der Waals surface area contributed by atoms with Crippen LogP contribution in [0.25, 0.3) is 0 Å². The number of halogens is 3. The van der Waals surface area contributed by atoms with Crippen LogP contribution in [0.2, 0.25) is 0 Å². The van der Waals surface area contributed by atoms with Crippen molar-refractivity contribution >= 4 is 55.4 Å². The van der Waals surface area contributed by atoms with Gasteiger partial charge in [-0.05, 0) is 65.9 Å². The van der Waals surface area contributed by atoms with Crippen molar-refractivity contribution in [1.82, 2.24) is 0 Å². The SMILES string of the molecule is CCS(=O)(=O)Nc1cccc(Oc2cc(Nc3ccc(I)cc3F)cc(F)c2N)c1. The number of hydrogen-bond donors (Lipinski definition) is 3. The van der Waals surface area contributed by atoms with Gasteiger partial charge in [0.25, 0.3) is 0 Å². The molecule has 0 atom stereocenters. The number of nitrogens with two attached hydrogens (primary N) is 1. The van der Waals surface area contributed by atoms with Crippen molar-refractivity contribution in [3.05, 3.63) is 69.8 Å². The molecule has 0 aliphatic heterocycles. The third kappa shape index (κ3) is 5.51. The highest BCUT2D eigenvalue weighted by molar-refractivity contribution is 14.1. The van der Waals surface area contributed by atoms with Gasteiger partial charge in [0, 0.05) is 21.4 Å². The maximum absolute atomic E-state index is 14.3. The molecule has 10 heteroatoms. The fourth-order valence-electron chi connectivity index (χ4n) is 2.50. The average molecular weight is 545 g/mol. The molecule has 0 fully saturated rings. The molecule has 0 amide bonds. The van der Waals surface area contributed by atoms with Gasteiger partial charge in [-0.2, -0.15) is 0 Å². The summed E-state index contributed by atoms with van der Waals surface area (Å²) in [5.41, 5.74) is 6.26. The molecular weight excluding hydrogens is 527 g/mol. The van der Waals surface area contributed by atoms with Gasteiger partial charge < -0.3 is 15.8 Å².